The molecule has 1 atom stereocenters. The van der Waals surface area contributed by atoms with Crippen LogP contribution in [0.4, 0.5) is 19.0 Å². The molecule has 0 amide bonds. The highest BCUT2D eigenvalue weighted by Gasteiger charge is 2.38. The van der Waals surface area contributed by atoms with E-state index in [1.54, 1.807) is 0 Å². The summed E-state index contributed by atoms with van der Waals surface area (Å²) < 4.78 is 42.5. The summed E-state index contributed by atoms with van der Waals surface area (Å²) >= 11 is 0. The average Bonchev–Trinajstić information content (AvgIpc) is 3.63. The number of anilines is 1. The Morgan fingerprint density at radius 1 is 0.976 bits per heavy atom. The average molecular weight is 589 g/mol. The van der Waals surface area contributed by atoms with Crippen LogP contribution in [0.25, 0.3) is 11.4 Å². The first-order valence-electron chi connectivity index (χ1n) is 13.0. The molecule has 0 fully saturated rings. The molecule has 15 heteroatoms. The van der Waals surface area contributed by atoms with Gasteiger partial charge in [-0.3, -0.25) is 4.79 Å². The zero-order valence-corrected chi connectivity index (χ0v) is 22.2. The van der Waals surface area contributed by atoms with Gasteiger partial charge >= 0.3 is 18.1 Å². The van der Waals surface area contributed by atoms with Crippen LogP contribution < -0.4 is 5.32 Å². The highest BCUT2D eigenvalue weighted by molar-refractivity contribution is 5.73. The summed E-state index contributed by atoms with van der Waals surface area (Å²) in [6.45, 7) is 0.967. The second kappa shape index (κ2) is 13.7. The molecule has 3 N–H and O–H groups in total. The number of fused-ring (bicyclic) bond motifs is 1. The number of rotatable bonds is 10. The number of hydrogen-bond donors (Lipinski definition) is 3. The van der Waals surface area contributed by atoms with E-state index in [4.69, 9.17) is 23.9 Å². The Hall–Kier alpha value is -4.82. The fourth-order valence-corrected chi connectivity index (χ4v) is 4.18. The number of halogens is 3. The maximum absolute atomic E-state index is 11.5. The molecule has 222 valence electrons. The molecule has 0 aliphatic carbocycles. The van der Waals surface area contributed by atoms with Gasteiger partial charge in [-0.25, -0.2) is 9.78 Å². The monoisotopic (exact) mass is 588 g/mol. The van der Waals surface area contributed by atoms with Crippen molar-refractivity contribution in [3.63, 3.8) is 0 Å². The first-order chi connectivity index (χ1) is 20.1. The van der Waals surface area contributed by atoms with Crippen molar-refractivity contribution in [2.24, 2.45) is 0 Å². The minimum atomic E-state index is -5.08. The molecule has 12 nitrogen and oxygen atoms in total. The number of aryl methyl sites for hydroxylation is 3. The predicted molar refractivity (Wildman–Crippen MR) is 139 cm³/mol. The molecule has 0 spiro atoms. The number of carboxylic acid groups (broad SMARTS) is 2. The van der Waals surface area contributed by atoms with Crippen molar-refractivity contribution < 1.29 is 42.0 Å². The summed E-state index contributed by atoms with van der Waals surface area (Å²) in [5.41, 5.74) is 3.10. The number of carbonyl (C=O) groups is 2. The SMILES string of the molecule is O=C(O)C(F)(F)F.O=C(O)CC(Cc1nc(CCCc2ccc3c(n2)NCCC3)no1)c1nc(-c2ccccc2)no1. The van der Waals surface area contributed by atoms with Gasteiger partial charge in [0, 0.05) is 30.6 Å². The van der Waals surface area contributed by atoms with Gasteiger partial charge in [0.05, 0.1) is 12.3 Å². The molecule has 5 rings (SSSR count). The van der Waals surface area contributed by atoms with E-state index in [0.29, 0.717) is 24.0 Å². The summed E-state index contributed by atoms with van der Waals surface area (Å²) in [5, 5.41) is 27.9. The van der Waals surface area contributed by atoms with E-state index in [1.165, 1.54) is 5.56 Å². The first-order valence-corrected chi connectivity index (χ1v) is 13.0. The minimum absolute atomic E-state index is 0.188. The molecule has 4 heterocycles. The lowest BCUT2D eigenvalue weighted by atomic mass is 10.0. The van der Waals surface area contributed by atoms with Crippen LogP contribution in [-0.2, 0) is 35.3 Å². The molecule has 0 radical (unpaired) electrons. The van der Waals surface area contributed by atoms with Gasteiger partial charge in [-0.2, -0.15) is 23.1 Å². The highest BCUT2D eigenvalue weighted by Crippen LogP contribution is 2.26. The molecule has 1 aromatic carbocycles. The van der Waals surface area contributed by atoms with Crippen molar-refractivity contribution in [1.29, 1.82) is 0 Å². The Bertz CT molecular complexity index is 1490. The molecule has 1 aliphatic heterocycles. The van der Waals surface area contributed by atoms with Gasteiger partial charge in [0.1, 0.15) is 5.82 Å². The molecule has 42 heavy (non-hydrogen) atoms. The van der Waals surface area contributed by atoms with E-state index < -0.39 is 24.0 Å². The van der Waals surface area contributed by atoms with Crippen molar-refractivity contribution >= 4 is 17.8 Å². The number of alkyl halides is 3. The Labute approximate surface area is 237 Å². The second-order valence-corrected chi connectivity index (χ2v) is 9.42. The van der Waals surface area contributed by atoms with Crippen molar-refractivity contribution in [3.05, 3.63) is 71.3 Å². The number of benzene rings is 1. The number of nitrogens with one attached hydrogen (secondary N) is 1. The first kappa shape index (κ1) is 30.1. The van der Waals surface area contributed by atoms with Crippen molar-refractivity contribution in [2.75, 3.05) is 11.9 Å². The molecule has 1 unspecified atom stereocenters. The number of pyridine rings is 1. The van der Waals surface area contributed by atoms with Crippen LogP contribution in [0.3, 0.4) is 0 Å². The quantitative estimate of drug-likeness (QED) is 0.237. The predicted octanol–water partition coefficient (Wildman–Crippen LogP) is 4.48. The number of nitrogens with zero attached hydrogens (tertiary/aromatic N) is 5. The van der Waals surface area contributed by atoms with E-state index in [-0.39, 0.29) is 18.7 Å². The van der Waals surface area contributed by atoms with Crippen LogP contribution in [0.15, 0.2) is 51.5 Å². The van der Waals surface area contributed by atoms with E-state index in [1.807, 2.05) is 30.3 Å². The van der Waals surface area contributed by atoms with Gasteiger partial charge in [0.25, 0.3) is 0 Å². The maximum atomic E-state index is 11.5. The molecule has 4 aromatic rings. The molecular weight excluding hydrogens is 561 g/mol. The summed E-state index contributed by atoms with van der Waals surface area (Å²) in [6, 6.07) is 13.6. The van der Waals surface area contributed by atoms with E-state index in [2.05, 4.69) is 37.7 Å². The van der Waals surface area contributed by atoms with Crippen LogP contribution in [0.2, 0.25) is 0 Å². The summed E-state index contributed by atoms with van der Waals surface area (Å²) in [7, 11) is 0. The van der Waals surface area contributed by atoms with E-state index in [9.17, 15) is 23.1 Å². The maximum Gasteiger partial charge on any atom is 0.490 e. The number of hydrogen-bond acceptors (Lipinski definition) is 10. The van der Waals surface area contributed by atoms with Gasteiger partial charge in [0.15, 0.2) is 5.82 Å². The summed E-state index contributed by atoms with van der Waals surface area (Å²) in [6.07, 6.45) is -0.584. The van der Waals surface area contributed by atoms with Crippen molar-refractivity contribution in [1.82, 2.24) is 25.3 Å². The van der Waals surface area contributed by atoms with Crippen molar-refractivity contribution in [3.8, 4) is 11.4 Å². The number of aliphatic carboxylic acids is 2. The molecule has 0 bridgehead atoms. The van der Waals surface area contributed by atoms with Crippen LogP contribution in [0.1, 0.15) is 54.0 Å². The third kappa shape index (κ3) is 8.59. The number of carboxylic acids is 2. The zero-order valence-electron chi connectivity index (χ0n) is 22.2. The normalized spacial score (nSPS) is 13.3. The van der Waals surface area contributed by atoms with Crippen LogP contribution in [-0.4, -0.2) is 60.1 Å². The summed E-state index contributed by atoms with van der Waals surface area (Å²) in [5.74, 6) is -1.73. The second-order valence-electron chi connectivity index (χ2n) is 9.42. The van der Waals surface area contributed by atoms with E-state index in [0.717, 1.165) is 49.3 Å². The Balaban J connectivity index is 0.000000517. The van der Waals surface area contributed by atoms with Gasteiger partial charge in [-0.15, -0.1) is 0 Å². The lowest BCUT2D eigenvalue weighted by Gasteiger charge is -2.17. The van der Waals surface area contributed by atoms with E-state index >= 15 is 0 Å². The fourth-order valence-electron chi connectivity index (χ4n) is 4.18. The Morgan fingerprint density at radius 2 is 1.74 bits per heavy atom. The van der Waals surface area contributed by atoms with Gasteiger partial charge in [-0.1, -0.05) is 46.7 Å². The largest absolute Gasteiger partial charge is 0.490 e. The van der Waals surface area contributed by atoms with Crippen LogP contribution in [0.5, 0.6) is 0 Å². The van der Waals surface area contributed by atoms with Gasteiger partial charge in [0.2, 0.25) is 17.6 Å². The smallest absolute Gasteiger partial charge is 0.481 e. The van der Waals surface area contributed by atoms with Crippen LogP contribution in [0, 0.1) is 0 Å². The lowest BCUT2D eigenvalue weighted by molar-refractivity contribution is -0.192. The topological polar surface area (TPSA) is 177 Å². The lowest BCUT2D eigenvalue weighted by Crippen LogP contribution is -2.21. The highest BCUT2D eigenvalue weighted by atomic mass is 19.4. The molecule has 0 saturated heterocycles. The molecule has 3 aromatic heterocycles. The molecule has 1 aliphatic rings. The third-order valence-corrected chi connectivity index (χ3v) is 6.20. The number of aromatic nitrogens is 5. The Morgan fingerprint density at radius 3 is 2.45 bits per heavy atom. The van der Waals surface area contributed by atoms with Crippen molar-refractivity contribution in [2.45, 2.75) is 57.0 Å². The van der Waals surface area contributed by atoms with Gasteiger partial charge in [-0.05, 0) is 37.3 Å². The van der Waals surface area contributed by atoms with Crippen LogP contribution >= 0.6 is 0 Å². The zero-order chi connectivity index (χ0) is 30.1. The van der Waals surface area contributed by atoms with Gasteiger partial charge < -0.3 is 24.6 Å². The summed E-state index contributed by atoms with van der Waals surface area (Å²) in [4.78, 5) is 33.9. The Kier molecular flexibility index (Phi) is 9.83. The molecular formula is C27H27F3N6O6. The molecule has 0 saturated carbocycles. The third-order valence-electron chi connectivity index (χ3n) is 6.20. The minimum Gasteiger partial charge on any atom is -0.481 e. The fraction of sp³-hybridized carbons (Fsp3) is 0.370. The standard InChI is InChI=1S/C25H26N6O4.C2HF3O2/c32-22(33)15-18(25-29-24(31-35-25)16-6-2-1-3-7-16)14-21-28-20(30-34-21)10-4-9-19-12-11-17-8-5-13-26-23(17)27-19;3-2(4,5)1(6)7/h1-3,6-7,11-12,18H,4-5,8-10,13-15H2,(H,26,27)(H,32,33);(H,6,7).